The second-order valence-electron chi connectivity index (χ2n) is 6.45. The highest BCUT2D eigenvalue weighted by atomic mass is 16.3. The maximum atomic E-state index is 5.93. The van der Waals surface area contributed by atoms with Crippen molar-refractivity contribution in [1.29, 1.82) is 0 Å². The molecule has 0 radical (unpaired) electrons. The summed E-state index contributed by atoms with van der Waals surface area (Å²) < 4.78 is 5.93. The minimum Gasteiger partial charge on any atom is -0.437 e. The lowest BCUT2D eigenvalue weighted by Crippen LogP contribution is -2.21. The Kier molecular flexibility index (Phi) is 6.17. The summed E-state index contributed by atoms with van der Waals surface area (Å²) in [7, 11) is 0. The van der Waals surface area contributed by atoms with Gasteiger partial charge >= 0.3 is 0 Å². The highest BCUT2D eigenvalue weighted by molar-refractivity contribution is 5.88. The Morgan fingerprint density at radius 2 is 1.48 bits per heavy atom. The van der Waals surface area contributed by atoms with Gasteiger partial charge in [-0.1, -0.05) is 18.2 Å². The maximum absolute atomic E-state index is 5.93. The van der Waals surface area contributed by atoms with Crippen LogP contribution >= 0.6 is 0 Å². The van der Waals surface area contributed by atoms with E-state index in [1.807, 2.05) is 24.3 Å². The number of oxazole rings is 1. The van der Waals surface area contributed by atoms with E-state index >= 15 is 0 Å². The van der Waals surface area contributed by atoms with Gasteiger partial charge in [0.25, 0.3) is 0 Å². The van der Waals surface area contributed by atoms with Gasteiger partial charge < -0.3 is 14.2 Å². The van der Waals surface area contributed by atoms with Crippen LogP contribution in [0.5, 0.6) is 0 Å². The van der Waals surface area contributed by atoms with E-state index in [1.54, 1.807) is 0 Å². The number of aromatic nitrogens is 1. The average Bonchev–Trinajstić information content (AvgIpc) is 3.13. The van der Waals surface area contributed by atoms with Gasteiger partial charge in [-0.3, -0.25) is 0 Å². The molecule has 4 heteroatoms. The van der Waals surface area contributed by atoms with Gasteiger partial charge in [-0.2, -0.15) is 0 Å². The fourth-order valence-corrected chi connectivity index (χ4v) is 3.39. The van der Waals surface area contributed by atoms with Crippen LogP contribution in [0.15, 0.2) is 46.9 Å². The molecule has 27 heavy (non-hydrogen) atoms. The number of rotatable bonds is 8. The molecule has 0 aliphatic carbocycles. The van der Waals surface area contributed by atoms with Crippen molar-refractivity contribution >= 4 is 34.6 Å². The van der Waals surface area contributed by atoms with Gasteiger partial charge in [0.05, 0.1) is 5.69 Å². The Balaban J connectivity index is 1.83. The Morgan fingerprint density at radius 1 is 0.815 bits per heavy atom. The minimum absolute atomic E-state index is 0.637. The standard InChI is InChI=1S/C23H29N3O/c1-5-25(6-2)19-15-12-18(13-16-19)14-17-22-24-23-20(26(7-3)8-4)10-9-11-21(23)27-22/h9-17H,5-8H2,1-4H3/b17-14+. The first-order chi connectivity index (χ1) is 13.2. The summed E-state index contributed by atoms with van der Waals surface area (Å²) in [6.07, 6.45) is 3.99. The molecule has 2 aromatic carbocycles. The zero-order chi connectivity index (χ0) is 19.2. The number of para-hydroxylation sites is 1. The highest BCUT2D eigenvalue weighted by Gasteiger charge is 2.12. The summed E-state index contributed by atoms with van der Waals surface area (Å²) in [5.74, 6) is 0.637. The maximum Gasteiger partial charge on any atom is 0.220 e. The average molecular weight is 364 g/mol. The van der Waals surface area contributed by atoms with E-state index in [-0.39, 0.29) is 0 Å². The highest BCUT2D eigenvalue weighted by Crippen LogP contribution is 2.27. The van der Waals surface area contributed by atoms with Crippen molar-refractivity contribution in [1.82, 2.24) is 4.98 Å². The van der Waals surface area contributed by atoms with E-state index in [0.717, 1.165) is 48.5 Å². The number of fused-ring (bicyclic) bond motifs is 1. The van der Waals surface area contributed by atoms with Gasteiger partial charge in [0.1, 0.15) is 5.52 Å². The molecule has 3 rings (SSSR count). The molecule has 1 aromatic heterocycles. The molecule has 0 aliphatic rings. The summed E-state index contributed by atoms with van der Waals surface area (Å²) in [5, 5.41) is 0. The molecule has 0 saturated heterocycles. The van der Waals surface area contributed by atoms with Gasteiger partial charge in [-0.25, -0.2) is 4.98 Å². The Hall–Kier alpha value is -2.75. The van der Waals surface area contributed by atoms with Gasteiger partial charge in [0.2, 0.25) is 5.89 Å². The number of anilines is 2. The van der Waals surface area contributed by atoms with Gasteiger partial charge in [0, 0.05) is 37.9 Å². The largest absolute Gasteiger partial charge is 0.437 e. The third kappa shape index (κ3) is 4.16. The monoisotopic (exact) mass is 363 g/mol. The Morgan fingerprint density at radius 3 is 2.11 bits per heavy atom. The quantitative estimate of drug-likeness (QED) is 0.514. The van der Waals surface area contributed by atoms with Crippen LogP contribution in [-0.4, -0.2) is 31.2 Å². The predicted octanol–water partition coefficient (Wildman–Crippen LogP) is 5.69. The molecular weight excluding hydrogens is 334 g/mol. The first-order valence-corrected chi connectivity index (χ1v) is 9.87. The summed E-state index contributed by atoms with van der Waals surface area (Å²) in [6.45, 7) is 12.6. The molecule has 0 spiro atoms. The molecule has 0 bridgehead atoms. The lowest BCUT2D eigenvalue weighted by atomic mass is 10.2. The second-order valence-corrected chi connectivity index (χ2v) is 6.45. The van der Waals surface area contributed by atoms with Gasteiger partial charge in [0.15, 0.2) is 5.58 Å². The number of benzene rings is 2. The molecule has 0 N–H and O–H groups in total. The Bertz CT molecular complexity index is 888. The Labute approximate surface area is 162 Å². The number of nitrogens with zero attached hydrogens (tertiary/aromatic N) is 3. The molecule has 3 aromatic rings. The minimum atomic E-state index is 0.637. The van der Waals surface area contributed by atoms with E-state index in [0.29, 0.717) is 5.89 Å². The van der Waals surface area contributed by atoms with Crippen molar-refractivity contribution in [3.8, 4) is 0 Å². The fraction of sp³-hybridized carbons (Fsp3) is 0.348. The van der Waals surface area contributed by atoms with Crippen LogP contribution in [0, 0.1) is 0 Å². The van der Waals surface area contributed by atoms with Crippen LogP contribution in [0.3, 0.4) is 0 Å². The van der Waals surface area contributed by atoms with Crippen molar-refractivity contribution in [3.63, 3.8) is 0 Å². The van der Waals surface area contributed by atoms with Crippen LogP contribution in [0.4, 0.5) is 11.4 Å². The molecule has 4 nitrogen and oxygen atoms in total. The van der Waals surface area contributed by atoms with E-state index in [1.165, 1.54) is 5.69 Å². The van der Waals surface area contributed by atoms with E-state index in [2.05, 4.69) is 67.8 Å². The molecule has 0 amide bonds. The second kappa shape index (κ2) is 8.76. The summed E-state index contributed by atoms with van der Waals surface area (Å²) in [4.78, 5) is 9.35. The zero-order valence-electron chi connectivity index (χ0n) is 16.8. The van der Waals surface area contributed by atoms with Crippen LogP contribution in [0.25, 0.3) is 23.3 Å². The van der Waals surface area contributed by atoms with Gasteiger partial charge in [-0.15, -0.1) is 0 Å². The smallest absolute Gasteiger partial charge is 0.220 e. The molecule has 0 aliphatic heterocycles. The molecular formula is C23H29N3O. The first-order valence-electron chi connectivity index (χ1n) is 9.87. The summed E-state index contributed by atoms with van der Waals surface area (Å²) in [5.41, 5.74) is 5.28. The number of hydrogen-bond donors (Lipinski definition) is 0. The van der Waals surface area contributed by atoms with Crippen LogP contribution in [0.1, 0.15) is 39.1 Å². The van der Waals surface area contributed by atoms with Crippen molar-refractivity contribution < 1.29 is 4.42 Å². The summed E-state index contributed by atoms with van der Waals surface area (Å²) in [6, 6.07) is 14.7. The lowest BCUT2D eigenvalue weighted by molar-refractivity contribution is 0.589. The van der Waals surface area contributed by atoms with Crippen molar-refractivity contribution in [2.24, 2.45) is 0 Å². The van der Waals surface area contributed by atoms with Crippen molar-refractivity contribution in [3.05, 3.63) is 53.9 Å². The van der Waals surface area contributed by atoms with Crippen molar-refractivity contribution in [2.45, 2.75) is 27.7 Å². The van der Waals surface area contributed by atoms with E-state index in [9.17, 15) is 0 Å². The lowest BCUT2D eigenvalue weighted by Gasteiger charge is -2.20. The molecule has 1 heterocycles. The molecule has 0 saturated carbocycles. The normalized spacial score (nSPS) is 11.4. The van der Waals surface area contributed by atoms with Crippen LogP contribution in [0.2, 0.25) is 0 Å². The first kappa shape index (κ1) is 19.0. The van der Waals surface area contributed by atoms with Gasteiger partial charge in [-0.05, 0) is 63.6 Å². The van der Waals surface area contributed by atoms with Crippen molar-refractivity contribution in [2.75, 3.05) is 36.0 Å². The summed E-state index contributed by atoms with van der Waals surface area (Å²) >= 11 is 0. The topological polar surface area (TPSA) is 32.5 Å². The third-order valence-electron chi connectivity index (χ3n) is 4.96. The number of hydrogen-bond acceptors (Lipinski definition) is 4. The molecule has 0 atom stereocenters. The fourth-order valence-electron chi connectivity index (χ4n) is 3.39. The van der Waals surface area contributed by atoms with Crippen LogP contribution < -0.4 is 9.80 Å². The van der Waals surface area contributed by atoms with Crippen LogP contribution in [-0.2, 0) is 0 Å². The predicted molar refractivity (Wildman–Crippen MR) is 117 cm³/mol. The van der Waals surface area contributed by atoms with E-state index in [4.69, 9.17) is 9.40 Å². The SMILES string of the molecule is CCN(CC)c1ccc(/C=C/c2nc3c(N(CC)CC)cccc3o2)cc1. The third-order valence-corrected chi connectivity index (χ3v) is 4.96. The molecule has 0 fully saturated rings. The molecule has 142 valence electrons. The zero-order valence-corrected chi connectivity index (χ0v) is 16.8. The van der Waals surface area contributed by atoms with E-state index < -0.39 is 0 Å². The molecule has 0 unspecified atom stereocenters.